The zero-order valence-corrected chi connectivity index (χ0v) is 24.2. The minimum Gasteiger partial charge on any atom is -0.378 e. The van der Waals surface area contributed by atoms with Crippen LogP contribution >= 0.6 is 0 Å². The number of hydrogen-bond donors (Lipinski definition) is 1. The van der Waals surface area contributed by atoms with Crippen molar-refractivity contribution < 1.29 is 55.2 Å². The summed E-state index contributed by atoms with van der Waals surface area (Å²) in [6, 6.07) is 7.98. The summed E-state index contributed by atoms with van der Waals surface area (Å²) in [5, 5.41) is 0. The fourth-order valence-corrected chi connectivity index (χ4v) is 3.72. The van der Waals surface area contributed by atoms with Gasteiger partial charge < -0.3 is 48.4 Å². The molecule has 0 saturated carbocycles. The van der Waals surface area contributed by atoms with E-state index >= 15 is 0 Å². The van der Waals surface area contributed by atoms with E-state index in [1.807, 2.05) is 0 Å². The van der Waals surface area contributed by atoms with Gasteiger partial charge in [-0.15, -0.1) is 0 Å². The third kappa shape index (κ3) is 23.4. The Morgan fingerprint density at radius 3 is 1.00 bits per heavy atom. The molecule has 0 bridgehead atoms. The zero-order chi connectivity index (χ0) is 28.8. The molecule has 13 nitrogen and oxygen atoms in total. The second-order valence-electron chi connectivity index (χ2n) is 7.89. The maximum atomic E-state index is 11.9. The number of ether oxygens (including phenoxy) is 9. The summed E-state index contributed by atoms with van der Waals surface area (Å²) in [7, 11) is -3.75. The van der Waals surface area contributed by atoms with Crippen molar-refractivity contribution in [2.24, 2.45) is 5.73 Å². The minimum atomic E-state index is -3.75. The van der Waals surface area contributed by atoms with Gasteiger partial charge in [0.2, 0.25) is 0 Å². The van der Waals surface area contributed by atoms with Gasteiger partial charge in [0, 0.05) is 6.54 Å². The van der Waals surface area contributed by atoms with Crippen LogP contribution in [0.3, 0.4) is 0 Å². The third-order valence-electron chi connectivity index (χ3n) is 4.74. The predicted molar refractivity (Wildman–Crippen MR) is 146 cm³/mol. The van der Waals surface area contributed by atoms with E-state index in [1.54, 1.807) is 18.2 Å². The molecule has 2 N–H and O–H groups in total. The summed E-state index contributed by atoms with van der Waals surface area (Å²) in [6.45, 7) is 8.75. The Morgan fingerprint density at radius 2 is 0.700 bits per heavy atom. The summed E-state index contributed by atoms with van der Waals surface area (Å²) in [6.07, 6.45) is 0. The lowest BCUT2D eigenvalue weighted by Gasteiger charge is -2.09. The molecule has 14 heteroatoms. The average molecular weight is 598 g/mol. The zero-order valence-electron chi connectivity index (χ0n) is 23.4. The average Bonchev–Trinajstić information content (AvgIpc) is 2.97. The Balaban J connectivity index is 1.69. The van der Waals surface area contributed by atoms with Crippen LogP contribution in [0.4, 0.5) is 0 Å². The van der Waals surface area contributed by atoms with E-state index < -0.39 is 10.1 Å². The third-order valence-corrected chi connectivity index (χ3v) is 6.06. The predicted octanol–water partition coefficient (Wildman–Crippen LogP) is 0.500. The largest absolute Gasteiger partial charge is 0.378 e. The molecule has 0 aliphatic heterocycles. The van der Waals surface area contributed by atoms with Gasteiger partial charge in [-0.05, 0) is 12.1 Å². The van der Waals surface area contributed by atoms with Crippen LogP contribution in [0, 0.1) is 0 Å². The van der Waals surface area contributed by atoms with Gasteiger partial charge in [0.1, 0.15) is 0 Å². The maximum absolute atomic E-state index is 11.9. The molecule has 0 spiro atoms. The second kappa shape index (κ2) is 27.9. The summed E-state index contributed by atoms with van der Waals surface area (Å²) >= 11 is 0. The van der Waals surface area contributed by atoms with Gasteiger partial charge in [0.15, 0.2) is 0 Å². The molecule has 0 radical (unpaired) electrons. The molecule has 40 heavy (non-hydrogen) atoms. The first-order valence-electron chi connectivity index (χ1n) is 13.5. The molecule has 1 aromatic rings. The highest BCUT2D eigenvalue weighted by Gasteiger charge is 2.13. The van der Waals surface area contributed by atoms with Gasteiger partial charge in [-0.25, -0.2) is 0 Å². The molecule has 0 heterocycles. The number of benzene rings is 1. The molecule has 0 saturated heterocycles. The number of rotatable bonds is 31. The quantitative estimate of drug-likeness (QED) is 0.0935. The van der Waals surface area contributed by atoms with E-state index in [4.69, 9.17) is 52.5 Å². The SMILES string of the molecule is NCCOCCOCCOCCOCCOCCOCCOCCOCCOCCOS(=O)(=O)c1ccccc1. The molecule has 0 atom stereocenters. The van der Waals surface area contributed by atoms with Gasteiger partial charge in [-0.3, -0.25) is 4.18 Å². The second-order valence-corrected chi connectivity index (χ2v) is 9.50. The Labute approximate surface area is 238 Å². The molecule has 0 fully saturated rings. The first kappa shape index (κ1) is 36.8. The van der Waals surface area contributed by atoms with Crippen LogP contribution in [0.15, 0.2) is 35.2 Å². The molecule has 0 aromatic heterocycles. The van der Waals surface area contributed by atoms with Crippen molar-refractivity contribution in [3.8, 4) is 0 Å². The van der Waals surface area contributed by atoms with Gasteiger partial charge >= 0.3 is 0 Å². The number of hydrogen-bond acceptors (Lipinski definition) is 13. The topological polar surface area (TPSA) is 152 Å². The summed E-state index contributed by atoms with van der Waals surface area (Å²) in [5.41, 5.74) is 5.32. The smallest absolute Gasteiger partial charge is 0.297 e. The Morgan fingerprint density at radius 1 is 0.425 bits per heavy atom. The molecule has 234 valence electrons. The van der Waals surface area contributed by atoms with E-state index in [0.29, 0.717) is 119 Å². The lowest BCUT2D eigenvalue weighted by molar-refractivity contribution is -0.0252. The van der Waals surface area contributed by atoms with Crippen molar-refractivity contribution in [3.63, 3.8) is 0 Å². The van der Waals surface area contributed by atoms with Crippen LogP contribution in [-0.4, -0.2) is 140 Å². The molecule has 0 aliphatic carbocycles. The monoisotopic (exact) mass is 597 g/mol. The first-order chi connectivity index (χ1) is 19.7. The van der Waals surface area contributed by atoms with Crippen molar-refractivity contribution in [1.29, 1.82) is 0 Å². The van der Waals surface area contributed by atoms with E-state index in [1.165, 1.54) is 12.1 Å². The summed E-state index contributed by atoms with van der Waals surface area (Å²) in [4.78, 5) is 0.122. The molecular formula is C26H47NO12S. The highest BCUT2D eigenvalue weighted by atomic mass is 32.2. The van der Waals surface area contributed by atoms with Crippen LogP contribution in [0.2, 0.25) is 0 Å². The molecule has 1 rings (SSSR count). The summed E-state index contributed by atoms with van der Waals surface area (Å²) < 4.78 is 77.2. The molecule has 0 aliphatic rings. The molecule has 0 amide bonds. The highest BCUT2D eigenvalue weighted by molar-refractivity contribution is 7.86. The summed E-state index contributed by atoms with van der Waals surface area (Å²) in [5.74, 6) is 0. The highest BCUT2D eigenvalue weighted by Crippen LogP contribution is 2.10. The van der Waals surface area contributed by atoms with Crippen LogP contribution in [-0.2, 0) is 56.9 Å². The van der Waals surface area contributed by atoms with E-state index in [9.17, 15) is 8.42 Å². The lowest BCUT2D eigenvalue weighted by atomic mass is 10.4. The van der Waals surface area contributed by atoms with Crippen LogP contribution in [0.1, 0.15) is 0 Å². The van der Waals surface area contributed by atoms with Gasteiger partial charge in [-0.1, -0.05) is 18.2 Å². The fraction of sp³-hybridized carbons (Fsp3) is 0.769. The van der Waals surface area contributed by atoms with Crippen molar-refractivity contribution in [3.05, 3.63) is 30.3 Å². The Bertz CT molecular complexity index is 757. The number of nitrogens with two attached hydrogens (primary N) is 1. The maximum Gasteiger partial charge on any atom is 0.297 e. The van der Waals surface area contributed by atoms with Gasteiger partial charge in [-0.2, -0.15) is 8.42 Å². The minimum absolute atomic E-state index is 0.0560. The first-order valence-corrected chi connectivity index (χ1v) is 14.9. The standard InChI is InChI=1S/C26H47NO12S/c27-6-7-30-8-9-31-10-11-32-12-13-33-14-15-34-16-17-35-18-19-36-20-21-37-22-23-38-24-25-39-40(28,29)26-4-2-1-3-5-26/h1-5H,6-25,27H2. The molecule has 0 unspecified atom stereocenters. The van der Waals surface area contributed by atoms with Crippen molar-refractivity contribution in [1.82, 2.24) is 0 Å². The van der Waals surface area contributed by atoms with Crippen molar-refractivity contribution >= 4 is 10.1 Å². The van der Waals surface area contributed by atoms with Crippen molar-refractivity contribution in [2.75, 3.05) is 132 Å². The van der Waals surface area contributed by atoms with Crippen LogP contribution in [0.25, 0.3) is 0 Å². The van der Waals surface area contributed by atoms with E-state index in [-0.39, 0.29) is 18.1 Å². The van der Waals surface area contributed by atoms with Gasteiger partial charge in [0.25, 0.3) is 10.1 Å². The van der Waals surface area contributed by atoms with Gasteiger partial charge in [0.05, 0.1) is 130 Å². The Hall–Kier alpha value is -1.27. The molecule has 1 aromatic carbocycles. The normalized spacial score (nSPS) is 11.8. The van der Waals surface area contributed by atoms with E-state index in [2.05, 4.69) is 0 Å². The van der Waals surface area contributed by atoms with E-state index in [0.717, 1.165) is 0 Å². The lowest BCUT2D eigenvalue weighted by Crippen LogP contribution is -2.16. The van der Waals surface area contributed by atoms with Crippen molar-refractivity contribution in [2.45, 2.75) is 4.90 Å². The van der Waals surface area contributed by atoms with Crippen LogP contribution in [0.5, 0.6) is 0 Å². The molecular weight excluding hydrogens is 550 g/mol. The van der Waals surface area contributed by atoms with Crippen LogP contribution < -0.4 is 5.73 Å². The Kier molecular flexibility index (Phi) is 25.6. The fourth-order valence-electron chi connectivity index (χ4n) is 2.80.